The zero-order chi connectivity index (χ0) is 21.3. The van der Waals surface area contributed by atoms with E-state index >= 15 is 0 Å². The fourth-order valence-electron chi connectivity index (χ4n) is 3.41. The molecule has 2 heterocycles. The Morgan fingerprint density at radius 1 is 1.13 bits per heavy atom. The Bertz CT molecular complexity index is 1310. The first-order valence-electron chi connectivity index (χ1n) is 9.86. The van der Waals surface area contributed by atoms with Crippen molar-refractivity contribution in [1.29, 1.82) is 0 Å². The molecule has 0 radical (unpaired) electrons. The van der Waals surface area contributed by atoms with Crippen molar-refractivity contribution in [3.05, 3.63) is 54.1 Å². The molecule has 156 valence electrons. The summed E-state index contributed by atoms with van der Waals surface area (Å²) in [5.41, 5.74) is 2.64. The van der Waals surface area contributed by atoms with Gasteiger partial charge in [0.1, 0.15) is 5.75 Å². The van der Waals surface area contributed by atoms with Crippen molar-refractivity contribution < 1.29 is 13.2 Å². The lowest BCUT2D eigenvalue weighted by Gasteiger charge is -2.07. The molecule has 0 spiro atoms. The predicted molar refractivity (Wildman–Crippen MR) is 118 cm³/mol. The third kappa shape index (κ3) is 3.70. The van der Waals surface area contributed by atoms with Gasteiger partial charge in [-0.2, -0.15) is 5.10 Å². The standard InChI is InChI=1S/C22H24N4O3S/c1-4-5-13-26-22-19(14-16-8-6-7-15(2)20(16)23-22)21(24-26)25-30(27,28)18-11-9-17(29-3)10-12-18/h6-12,14H,4-5,13H2,1-3H3,(H,24,25). The summed E-state index contributed by atoms with van der Waals surface area (Å²) in [5.74, 6) is 0.877. The number of nitrogens with zero attached hydrogens (tertiary/aromatic N) is 3. The van der Waals surface area contributed by atoms with Crippen LogP contribution in [0, 0.1) is 6.92 Å². The molecule has 8 heteroatoms. The Morgan fingerprint density at radius 3 is 2.60 bits per heavy atom. The van der Waals surface area contributed by atoms with Crippen LogP contribution in [0.3, 0.4) is 0 Å². The van der Waals surface area contributed by atoms with Gasteiger partial charge in [-0.05, 0) is 49.2 Å². The predicted octanol–water partition coefficient (Wildman–Crippen LogP) is 4.50. The summed E-state index contributed by atoms with van der Waals surface area (Å²) in [5, 5.41) is 6.19. The van der Waals surface area contributed by atoms with Crippen LogP contribution in [0.25, 0.3) is 21.9 Å². The quantitative estimate of drug-likeness (QED) is 0.472. The van der Waals surface area contributed by atoms with Crippen LogP contribution in [0.5, 0.6) is 5.75 Å². The van der Waals surface area contributed by atoms with Gasteiger partial charge in [0.05, 0.1) is 22.9 Å². The number of hydrogen-bond donors (Lipinski definition) is 1. The first-order chi connectivity index (χ1) is 14.4. The molecule has 2 aromatic heterocycles. The zero-order valence-electron chi connectivity index (χ0n) is 17.2. The van der Waals surface area contributed by atoms with Gasteiger partial charge in [-0.1, -0.05) is 31.5 Å². The van der Waals surface area contributed by atoms with Crippen molar-refractivity contribution in [2.75, 3.05) is 11.8 Å². The Labute approximate surface area is 175 Å². The van der Waals surface area contributed by atoms with Gasteiger partial charge in [-0.25, -0.2) is 18.1 Å². The van der Waals surface area contributed by atoms with E-state index in [1.54, 1.807) is 16.8 Å². The summed E-state index contributed by atoms with van der Waals surface area (Å²) in [7, 11) is -2.27. The normalized spacial score (nSPS) is 11.8. The van der Waals surface area contributed by atoms with Crippen molar-refractivity contribution >= 4 is 37.8 Å². The lowest BCUT2D eigenvalue weighted by molar-refractivity contribution is 0.414. The van der Waals surface area contributed by atoms with Gasteiger partial charge in [-0.3, -0.25) is 4.72 Å². The fraction of sp³-hybridized carbons (Fsp3) is 0.273. The second-order valence-corrected chi connectivity index (χ2v) is 8.89. The number of benzene rings is 2. The van der Waals surface area contributed by atoms with Crippen LogP contribution in [-0.2, 0) is 16.6 Å². The van der Waals surface area contributed by atoms with Crippen LogP contribution < -0.4 is 9.46 Å². The molecule has 4 aromatic rings. The van der Waals surface area contributed by atoms with E-state index in [-0.39, 0.29) is 10.7 Å². The Balaban J connectivity index is 1.82. The number of unbranched alkanes of at least 4 members (excludes halogenated alkanes) is 1. The summed E-state index contributed by atoms with van der Waals surface area (Å²) >= 11 is 0. The number of methoxy groups -OCH3 is 1. The van der Waals surface area contributed by atoms with E-state index in [1.807, 2.05) is 31.2 Å². The molecular weight excluding hydrogens is 400 g/mol. The highest BCUT2D eigenvalue weighted by molar-refractivity contribution is 7.92. The van der Waals surface area contributed by atoms with Crippen LogP contribution >= 0.6 is 0 Å². The van der Waals surface area contributed by atoms with E-state index in [2.05, 4.69) is 16.7 Å². The van der Waals surface area contributed by atoms with Crippen molar-refractivity contribution in [1.82, 2.24) is 14.8 Å². The van der Waals surface area contributed by atoms with Crippen LogP contribution in [0.15, 0.2) is 53.4 Å². The van der Waals surface area contributed by atoms with Gasteiger partial charge >= 0.3 is 0 Å². The Morgan fingerprint density at radius 2 is 1.90 bits per heavy atom. The minimum Gasteiger partial charge on any atom is -0.497 e. The number of hydrogen-bond acceptors (Lipinski definition) is 5. The van der Waals surface area contributed by atoms with E-state index in [0.29, 0.717) is 23.3 Å². The molecule has 0 bridgehead atoms. The topological polar surface area (TPSA) is 86.1 Å². The molecule has 0 unspecified atom stereocenters. The van der Waals surface area contributed by atoms with Crippen molar-refractivity contribution in [3.63, 3.8) is 0 Å². The van der Waals surface area contributed by atoms with Crippen molar-refractivity contribution in [2.45, 2.75) is 38.1 Å². The molecule has 0 saturated carbocycles. The summed E-state index contributed by atoms with van der Waals surface area (Å²) < 4.78 is 35.5. The molecule has 0 amide bonds. The second kappa shape index (κ2) is 7.95. The van der Waals surface area contributed by atoms with Gasteiger partial charge in [0, 0.05) is 11.9 Å². The smallest absolute Gasteiger partial charge is 0.263 e. The monoisotopic (exact) mass is 424 g/mol. The lowest BCUT2D eigenvalue weighted by atomic mass is 10.1. The number of aromatic nitrogens is 3. The third-order valence-electron chi connectivity index (χ3n) is 5.07. The second-order valence-electron chi connectivity index (χ2n) is 7.21. The van der Waals surface area contributed by atoms with Gasteiger partial charge in [0.25, 0.3) is 10.0 Å². The average Bonchev–Trinajstić information content (AvgIpc) is 3.07. The number of para-hydroxylation sites is 1. The number of nitrogens with one attached hydrogen (secondary N) is 1. The number of pyridine rings is 1. The molecule has 0 saturated heterocycles. The SMILES string of the molecule is CCCCn1nc(NS(=O)(=O)c2ccc(OC)cc2)c2cc3cccc(C)c3nc21. The van der Waals surface area contributed by atoms with Crippen LogP contribution in [0.4, 0.5) is 5.82 Å². The van der Waals surface area contributed by atoms with Crippen LogP contribution in [0.2, 0.25) is 0 Å². The third-order valence-corrected chi connectivity index (χ3v) is 6.43. The zero-order valence-corrected chi connectivity index (χ0v) is 18.0. The van der Waals surface area contributed by atoms with Crippen LogP contribution in [-0.4, -0.2) is 30.3 Å². The highest BCUT2D eigenvalue weighted by atomic mass is 32.2. The summed E-state index contributed by atoms with van der Waals surface area (Å²) in [4.78, 5) is 4.97. The number of fused-ring (bicyclic) bond motifs is 2. The molecule has 7 nitrogen and oxygen atoms in total. The Hall–Kier alpha value is -3.13. The molecule has 1 N–H and O–H groups in total. The first kappa shape index (κ1) is 20.2. The van der Waals surface area contributed by atoms with Crippen LogP contribution in [0.1, 0.15) is 25.3 Å². The molecule has 30 heavy (non-hydrogen) atoms. The molecule has 0 atom stereocenters. The van der Waals surface area contributed by atoms with E-state index in [4.69, 9.17) is 9.72 Å². The number of aryl methyl sites for hydroxylation is 2. The molecule has 0 aliphatic rings. The summed E-state index contributed by atoms with van der Waals surface area (Å²) in [6, 6.07) is 14.2. The maximum atomic E-state index is 13.0. The number of rotatable bonds is 7. The van der Waals surface area contributed by atoms with Gasteiger partial charge in [0.15, 0.2) is 11.5 Å². The maximum absolute atomic E-state index is 13.0. The minimum atomic E-state index is -3.81. The molecule has 0 aliphatic heterocycles. The molecular formula is C22H24N4O3S. The lowest BCUT2D eigenvalue weighted by Crippen LogP contribution is -2.14. The van der Waals surface area contributed by atoms with Gasteiger partial charge in [0.2, 0.25) is 0 Å². The van der Waals surface area contributed by atoms with Gasteiger partial charge < -0.3 is 4.74 Å². The first-order valence-corrected chi connectivity index (χ1v) is 11.3. The largest absolute Gasteiger partial charge is 0.497 e. The van der Waals surface area contributed by atoms with E-state index < -0.39 is 10.0 Å². The summed E-state index contributed by atoms with van der Waals surface area (Å²) in [6.45, 7) is 4.79. The molecule has 0 fully saturated rings. The van der Waals surface area contributed by atoms with E-state index in [0.717, 1.165) is 29.3 Å². The number of ether oxygens (including phenoxy) is 1. The van der Waals surface area contributed by atoms with Gasteiger partial charge in [-0.15, -0.1) is 0 Å². The average molecular weight is 425 g/mol. The number of anilines is 1. The van der Waals surface area contributed by atoms with Crippen molar-refractivity contribution in [3.8, 4) is 5.75 Å². The molecule has 4 rings (SSSR count). The molecule has 0 aliphatic carbocycles. The maximum Gasteiger partial charge on any atom is 0.263 e. The van der Waals surface area contributed by atoms with Crippen molar-refractivity contribution in [2.24, 2.45) is 0 Å². The van der Waals surface area contributed by atoms with E-state index in [1.165, 1.54) is 19.2 Å². The Kier molecular flexibility index (Phi) is 5.34. The molecule has 2 aromatic carbocycles. The highest BCUT2D eigenvalue weighted by Crippen LogP contribution is 2.29. The highest BCUT2D eigenvalue weighted by Gasteiger charge is 2.20. The minimum absolute atomic E-state index is 0.143. The summed E-state index contributed by atoms with van der Waals surface area (Å²) in [6.07, 6.45) is 1.93. The number of sulfonamides is 1. The van der Waals surface area contributed by atoms with E-state index in [9.17, 15) is 8.42 Å². The fourth-order valence-corrected chi connectivity index (χ4v) is 4.43.